The molecule has 2 aromatic carbocycles. The summed E-state index contributed by atoms with van der Waals surface area (Å²) in [4.78, 5) is 26.6. The van der Waals surface area contributed by atoms with Crippen LogP contribution in [0.25, 0.3) is 10.9 Å². The SMILES string of the molecule is COC(=O)CC1CCN(C(=O)c2ccc(Cl)c(Cc3cc4c(C)cc(OC(F)F)cc4n3C)c2Cl)CC1. The highest BCUT2D eigenvalue weighted by Crippen LogP contribution is 2.35. The van der Waals surface area contributed by atoms with Crippen LogP contribution < -0.4 is 4.74 Å². The van der Waals surface area contributed by atoms with E-state index >= 15 is 0 Å². The van der Waals surface area contributed by atoms with Crippen LogP contribution in [0.2, 0.25) is 10.0 Å². The van der Waals surface area contributed by atoms with Crippen LogP contribution in [0.5, 0.6) is 5.75 Å². The zero-order valence-electron chi connectivity index (χ0n) is 20.8. The molecule has 0 unspecified atom stereocenters. The van der Waals surface area contributed by atoms with E-state index in [1.54, 1.807) is 29.2 Å². The van der Waals surface area contributed by atoms with E-state index in [0.717, 1.165) is 22.2 Å². The fourth-order valence-corrected chi connectivity index (χ4v) is 5.49. The van der Waals surface area contributed by atoms with Gasteiger partial charge in [-0.25, -0.2) is 0 Å². The highest BCUT2D eigenvalue weighted by atomic mass is 35.5. The average molecular weight is 553 g/mol. The molecule has 0 N–H and O–H groups in total. The Morgan fingerprint density at radius 1 is 1.14 bits per heavy atom. The van der Waals surface area contributed by atoms with Gasteiger partial charge in [0.25, 0.3) is 5.91 Å². The molecule has 198 valence electrons. The lowest BCUT2D eigenvalue weighted by Crippen LogP contribution is -2.39. The van der Waals surface area contributed by atoms with Gasteiger partial charge in [-0.15, -0.1) is 0 Å². The normalized spacial score (nSPS) is 14.4. The molecule has 1 saturated heterocycles. The minimum Gasteiger partial charge on any atom is -0.469 e. The zero-order valence-corrected chi connectivity index (χ0v) is 22.3. The Kier molecular flexibility index (Phi) is 8.29. The zero-order chi connectivity index (χ0) is 26.9. The van der Waals surface area contributed by atoms with Gasteiger partial charge in [-0.3, -0.25) is 9.59 Å². The van der Waals surface area contributed by atoms with Crippen LogP contribution in [0.4, 0.5) is 8.78 Å². The number of carbonyl (C=O) groups excluding carboxylic acids is 2. The first-order valence-corrected chi connectivity index (χ1v) is 12.7. The minimum atomic E-state index is -2.91. The summed E-state index contributed by atoms with van der Waals surface area (Å²) in [5, 5.41) is 1.62. The molecule has 0 spiro atoms. The first kappa shape index (κ1) is 27.2. The molecule has 3 aromatic rings. The topological polar surface area (TPSA) is 60.8 Å². The molecule has 1 aliphatic heterocycles. The first-order chi connectivity index (χ1) is 17.6. The monoisotopic (exact) mass is 552 g/mol. The fourth-order valence-electron chi connectivity index (χ4n) is 4.91. The Labute approximate surface area is 224 Å². The Morgan fingerprint density at radius 2 is 1.84 bits per heavy atom. The third kappa shape index (κ3) is 5.85. The number of hydrogen-bond acceptors (Lipinski definition) is 4. The van der Waals surface area contributed by atoms with Crippen molar-refractivity contribution in [1.82, 2.24) is 9.47 Å². The van der Waals surface area contributed by atoms with E-state index in [2.05, 4.69) is 4.74 Å². The number of benzene rings is 2. The number of hydrogen-bond donors (Lipinski definition) is 0. The van der Waals surface area contributed by atoms with Crippen molar-refractivity contribution in [3.8, 4) is 5.75 Å². The summed E-state index contributed by atoms with van der Waals surface area (Å²) in [5.74, 6) is -0.140. The number of piperidine rings is 1. The number of halogens is 4. The minimum absolute atomic E-state index is 0.0896. The number of carbonyl (C=O) groups is 2. The summed E-state index contributed by atoms with van der Waals surface area (Å²) in [6.07, 6.45) is 2.12. The summed E-state index contributed by atoms with van der Waals surface area (Å²) in [6.45, 7) is -0.0216. The van der Waals surface area contributed by atoms with Crippen molar-refractivity contribution in [3.05, 3.63) is 62.8 Å². The van der Waals surface area contributed by atoms with Crippen LogP contribution in [0.1, 0.15) is 46.4 Å². The van der Waals surface area contributed by atoms with Gasteiger partial charge in [-0.1, -0.05) is 23.2 Å². The highest BCUT2D eigenvalue weighted by molar-refractivity contribution is 6.38. The molecule has 1 aromatic heterocycles. The van der Waals surface area contributed by atoms with Crippen LogP contribution in [-0.2, 0) is 23.0 Å². The van der Waals surface area contributed by atoms with Crippen molar-refractivity contribution < 1.29 is 27.8 Å². The quantitative estimate of drug-likeness (QED) is 0.318. The lowest BCUT2D eigenvalue weighted by Gasteiger charge is -2.32. The molecule has 2 heterocycles. The third-order valence-electron chi connectivity index (χ3n) is 7.03. The van der Waals surface area contributed by atoms with E-state index in [1.807, 2.05) is 24.6 Å². The standard InChI is InChI=1S/C27H28Cl2F2N2O4/c1-15-10-18(37-27(30)31)14-23-20(15)12-17(32(23)2)13-21-22(28)5-4-19(25(21)29)26(35)33-8-6-16(7-9-33)11-24(34)36-3/h4-5,10,12,14,16,27H,6-9,11,13H2,1-3H3. The second-order valence-corrected chi connectivity index (χ2v) is 10.1. The maximum Gasteiger partial charge on any atom is 0.387 e. The second kappa shape index (κ2) is 11.3. The number of alkyl halides is 2. The van der Waals surface area contributed by atoms with E-state index in [-0.39, 0.29) is 28.6 Å². The fraction of sp³-hybridized carbons (Fsp3) is 0.407. The van der Waals surface area contributed by atoms with E-state index in [9.17, 15) is 18.4 Å². The van der Waals surface area contributed by atoms with Gasteiger partial charge in [-0.05, 0) is 61.1 Å². The van der Waals surface area contributed by atoms with Crippen LogP contribution in [-0.4, -0.2) is 48.2 Å². The van der Waals surface area contributed by atoms with Gasteiger partial charge in [0.15, 0.2) is 0 Å². The summed E-state index contributed by atoms with van der Waals surface area (Å²) >= 11 is 13.3. The third-order valence-corrected chi connectivity index (χ3v) is 7.81. The van der Waals surface area contributed by atoms with Crippen LogP contribution >= 0.6 is 23.2 Å². The molecule has 10 heteroatoms. The number of likely N-dealkylation sites (tertiary alicyclic amines) is 1. The molecular weight excluding hydrogens is 525 g/mol. The van der Waals surface area contributed by atoms with Gasteiger partial charge in [0.1, 0.15) is 5.75 Å². The molecule has 0 radical (unpaired) electrons. The van der Waals surface area contributed by atoms with E-state index in [0.29, 0.717) is 54.9 Å². The van der Waals surface area contributed by atoms with Gasteiger partial charge < -0.3 is 18.9 Å². The maximum atomic E-state index is 13.3. The largest absolute Gasteiger partial charge is 0.469 e. The predicted octanol–water partition coefficient (Wildman–Crippen LogP) is 6.40. The van der Waals surface area contributed by atoms with Crippen LogP contribution in [0, 0.1) is 12.8 Å². The molecular formula is C27H28Cl2F2N2O4. The van der Waals surface area contributed by atoms with Crippen molar-refractivity contribution in [2.24, 2.45) is 13.0 Å². The van der Waals surface area contributed by atoms with Crippen LogP contribution in [0.3, 0.4) is 0 Å². The smallest absolute Gasteiger partial charge is 0.387 e. The van der Waals surface area contributed by atoms with Gasteiger partial charge in [0, 0.05) is 55.1 Å². The van der Waals surface area contributed by atoms with E-state index in [1.165, 1.54) is 7.11 Å². The summed E-state index contributed by atoms with van der Waals surface area (Å²) in [6, 6.07) is 8.42. The van der Waals surface area contributed by atoms with Crippen molar-refractivity contribution in [3.63, 3.8) is 0 Å². The van der Waals surface area contributed by atoms with Gasteiger partial charge >= 0.3 is 12.6 Å². The number of methoxy groups -OCH3 is 1. The number of aryl methyl sites for hydroxylation is 2. The molecule has 0 aliphatic carbocycles. The summed E-state index contributed by atoms with van der Waals surface area (Å²) in [7, 11) is 3.21. The lowest BCUT2D eigenvalue weighted by molar-refractivity contribution is -0.142. The Morgan fingerprint density at radius 3 is 2.49 bits per heavy atom. The number of rotatable bonds is 7. The van der Waals surface area contributed by atoms with Crippen molar-refractivity contribution >= 4 is 46.0 Å². The number of fused-ring (bicyclic) bond motifs is 1. The Balaban J connectivity index is 1.57. The van der Waals surface area contributed by atoms with E-state index in [4.69, 9.17) is 27.9 Å². The lowest BCUT2D eigenvalue weighted by atomic mass is 9.93. The van der Waals surface area contributed by atoms with E-state index < -0.39 is 6.61 Å². The molecule has 1 fully saturated rings. The Hall–Kier alpha value is -2.84. The molecule has 1 amide bonds. The van der Waals surface area contributed by atoms with Crippen molar-refractivity contribution in [1.29, 1.82) is 0 Å². The van der Waals surface area contributed by atoms with Crippen LogP contribution in [0.15, 0.2) is 30.3 Å². The maximum absolute atomic E-state index is 13.3. The molecule has 0 atom stereocenters. The number of nitrogens with zero attached hydrogens (tertiary/aromatic N) is 2. The number of aromatic nitrogens is 1. The highest BCUT2D eigenvalue weighted by Gasteiger charge is 2.27. The van der Waals surface area contributed by atoms with Gasteiger partial charge in [0.05, 0.1) is 23.2 Å². The molecule has 6 nitrogen and oxygen atoms in total. The Bertz CT molecular complexity index is 1330. The van der Waals surface area contributed by atoms with Gasteiger partial charge in [0.2, 0.25) is 0 Å². The summed E-state index contributed by atoms with van der Waals surface area (Å²) < 4.78 is 36.7. The number of esters is 1. The number of amides is 1. The first-order valence-electron chi connectivity index (χ1n) is 12.0. The van der Waals surface area contributed by atoms with Crippen molar-refractivity contribution in [2.45, 2.75) is 39.2 Å². The molecule has 0 bridgehead atoms. The molecule has 4 rings (SSSR count). The van der Waals surface area contributed by atoms with Crippen molar-refractivity contribution in [2.75, 3.05) is 20.2 Å². The van der Waals surface area contributed by atoms with Gasteiger partial charge in [-0.2, -0.15) is 8.78 Å². The average Bonchev–Trinajstić information content (AvgIpc) is 3.17. The molecule has 1 aliphatic rings. The predicted molar refractivity (Wildman–Crippen MR) is 139 cm³/mol. The second-order valence-electron chi connectivity index (χ2n) is 9.33. The number of ether oxygens (including phenoxy) is 2. The molecule has 37 heavy (non-hydrogen) atoms. The summed E-state index contributed by atoms with van der Waals surface area (Å²) in [5.41, 5.74) is 3.37. The molecule has 0 saturated carbocycles.